The lowest BCUT2D eigenvalue weighted by Gasteiger charge is -2.21. The van der Waals surface area contributed by atoms with Gasteiger partial charge < -0.3 is 9.30 Å². The molecule has 0 saturated heterocycles. The third-order valence-electron chi connectivity index (χ3n) is 5.13. The topological polar surface area (TPSA) is 98.0 Å². The number of carbonyl (C=O) groups excluding carboxylic acids is 2. The lowest BCUT2D eigenvalue weighted by Crippen LogP contribution is -2.32. The maximum absolute atomic E-state index is 13.0. The van der Waals surface area contributed by atoms with Crippen LogP contribution in [0.2, 0.25) is 5.02 Å². The molecular weight excluding hydrogens is 510 g/mol. The van der Waals surface area contributed by atoms with Crippen LogP contribution in [0.25, 0.3) is 10.2 Å². The van der Waals surface area contributed by atoms with Crippen molar-refractivity contribution in [1.82, 2.24) is 8.87 Å². The molecule has 0 aliphatic heterocycles. The van der Waals surface area contributed by atoms with Gasteiger partial charge in [-0.15, -0.1) is 0 Å². The minimum Gasteiger partial charge on any atom is -0.465 e. The molecular formula is C24H28ClN3O5S2. The van der Waals surface area contributed by atoms with Crippen LogP contribution < -0.4 is 4.80 Å². The Morgan fingerprint density at radius 2 is 1.71 bits per heavy atom. The molecule has 0 N–H and O–H groups in total. The van der Waals surface area contributed by atoms with E-state index in [9.17, 15) is 18.0 Å². The third-order valence-corrected chi connectivity index (χ3v) is 8.39. The first-order chi connectivity index (χ1) is 16.7. The van der Waals surface area contributed by atoms with Gasteiger partial charge in [0.25, 0.3) is 5.91 Å². The van der Waals surface area contributed by atoms with Crippen LogP contribution in [-0.4, -0.2) is 48.9 Å². The van der Waals surface area contributed by atoms with Crippen molar-refractivity contribution >= 4 is 55.1 Å². The average Bonchev–Trinajstić information content (AvgIpc) is 3.17. The maximum atomic E-state index is 13.0. The first kappa shape index (κ1) is 27.1. The fourth-order valence-electron chi connectivity index (χ4n) is 3.58. The fourth-order valence-corrected chi connectivity index (χ4v) is 6.59. The number of aromatic nitrogens is 1. The number of hydrogen-bond acceptors (Lipinski definition) is 6. The van der Waals surface area contributed by atoms with Crippen LogP contribution in [0.1, 0.15) is 44.0 Å². The second-order valence-corrected chi connectivity index (χ2v) is 11.1. The van der Waals surface area contributed by atoms with Crippen molar-refractivity contribution < 1.29 is 22.7 Å². The second kappa shape index (κ2) is 11.9. The van der Waals surface area contributed by atoms with Gasteiger partial charge in [0.05, 0.1) is 26.7 Å². The highest BCUT2D eigenvalue weighted by Gasteiger charge is 2.23. The van der Waals surface area contributed by atoms with Gasteiger partial charge >= 0.3 is 5.97 Å². The Kier molecular flexibility index (Phi) is 9.23. The maximum Gasteiger partial charge on any atom is 0.326 e. The Morgan fingerprint density at radius 1 is 1.06 bits per heavy atom. The normalized spacial score (nSPS) is 12.4. The summed E-state index contributed by atoms with van der Waals surface area (Å²) in [4.78, 5) is 29.8. The number of esters is 1. The molecule has 0 aliphatic carbocycles. The van der Waals surface area contributed by atoms with Gasteiger partial charge in [-0.1, -0.05) is 42.9 Å². The zero-order valence-electron chi connectivity index (χ0n) is 19.9. The molecule has 3 aromatic rings. The molecule has 1 aromatic heterocycles. The number of para-hydroxylation sites is 1. The van der Waals surface area contributed by atoms with Gasteiger partial charge in [0, 0.05) is 18.7 Å². The molecule has 0 radical (unpaired) electrons. The number of fused-ring (bicyclic) bond motifs is 1. The van der Waals surface area contributed by atoms with Crippen LogP contribution >= 0.6 is 22.9 Å². The van der Waals surface area contributed by atoms with Crippen LogP contribution in [-0.2, 0) is 26.1 Å². The summed E-state index contributed by atoms with van der Waals surface area (Å²) in [6, 6.07) is 11.0. The SMILES string of the molecule is CCCN(CCC)S(=O)(=O)c1ccc(C(=O)N=c2sc3cccc(Cl)c3n2CC(=O)OCC)cc1. The number of carbonyl (C=O) groups is 2. The molecule has 0 bridgehead atoms. The van der Waals surface area contributed by atoms with E-state index in [-0.39, 0.29) is 23.6 Å². The molecule has 11 heteroatoms. The molecule has 0 saturated carbocycles. The van der Waals surface area contributed by atoms with Crippen molar-refractivity contribution in [2.24, 2.45) is 4.99 Å². The smallest absolute Gasteiger partial charge is 0.326 e. The molecule has 1 heterocycles. The quantitative estimate of drug-likeness (QED) is 0.355. The molecule has 0 aliphatic rings. The van der Waals surface area contributed by atoms with Crippen molar-refractivity contribution in [1.29, 1.82) is 0 Å². The van der Waals surface area contributed by atoms with E-state index in [1.54, 1.807) is 23.6 Å². The number of hydrogen-bond donors (Lipinski definition) is 0. The van der Waals surface area contributed by atoms with Gasteiger partial charge in [0.15, 0.2) is 4.80 Å². The number of benzene rings is 2. The molecule has 0 spiro atoms. The van der Waals surface area contributed by atoms with Gasteiger partial charge in [-0.25, -0.2) is 8.42 Å². The summed E-state index contributed by atoms with van der Waals surface area (Å²) in [6.45, 7) is 6.51. The lowest BCUT2D eigenvalue weighted by molar-refractivity contribution is -0.143. The van der Waals surface area contributed by atoms with Gasteiger partial charge in [0.1, 0.15) is 6.54 Å². The Bertz CT molecular complexity index is 1370. The van der Waals surface area contributed by atoms with E-state index in [4.69, 9.17) is 16.3 Å². The number of thiazole rings is 1. The monoisotopic (exact) mass is 537 g/mol. The number of nitrogens with zero attached hydrogens (tertiary/aromatic N) is 3. The minimum atomic E-state index is -3.65. The van der Waals surface area contributed by atoms with Crippen molar-refractivity contribution in [3.63, 3.8) is 0 Å². The van der Waals surface area contributed by atoms with Gasteiger partial charge in [-0.2, -0.15) is 9.30 Å². The second-order valence-electron chi connectivity index (χ2n) is 7.71. The first-order valence-corrected chi connectivity index (χ1v) is 14.0. The van der Waals surface area contributed by atoms with Crippen LogP contribution in [0.3, 0.4) is 0 Å². The van der Waals surface area contributed by atoms with Crippen LogP contribution in [0, 0.1) is 0 Å². The Balaban J connectivity index is 1.98. The predicted molar refractivity (Wildman–Crippen MR) is 137 cm³/mol. The zero-order chi connectivity index (χ0) is 25.6. The average molecular weight is 538 g/mol. The van der Waals surface area contributed by atoms with E-state index in [1.807, 2.05) is 19.9 Å². The molecule has 0 atom stereocenters. The molecule has 0 fully saturated rings. The Labute approximate surface area is 213 Å². The largest absolute Gasteiger partial charge is 0.465 e. The first-order valence-electron chi connectivity index (χ1n) is 11.4. The highest BCUT2D eigenvalue weighted by Crippen LogP contribution is 2.25. The summed E-state index contributed by atoms with van der Waals surface area (Å²) in [5.74, 6) is -1.03. The summed E-state index contributed by atoms with van der Waals surface area (Å²) in [5, 5.41) is 0.426. The van der Waals surface area contributed by atoms with E-state index in [1.165, 1.54) is 39.9 Å². The number of rotatable bonds is 10. The van der Waals surface area contributed by atoms with E-state index in [2.05, 4.69) is 4.99 Å². The van der Waals surface area contributed by atoms with E-state index in [0.717, 1.165) is 4.70 Å². The summed E-state index contributed by atoms with van der Waals surface area (Å²) in [7, 11) is -3.65. The number of sulfonamides is 1. The van der Waals surface area contributed by atoms with Gasteiger partial charge in [-0.3, -0.25) is 9.59 Å². The molecule has 0 unspecified atom stereocenters. The number of halogens is 1. The molecule has 188 valence electrons. The molecule has 8 nitrogen and oxygen atoms in total. The van der Waals surface area contributed by atoms with Crippen LogP contribution in [0.4, 0.5) is 0 Å². The van der Waals surface area contributed by atoms with Gasteiger partial charge in [0.2, 0.25) is 10.0 Å². The number of ether oxygens (including phenoxy) is 1. The van der Waals surface area contributed by atoms with Gasteiger partial charge in [-0.05, 0) is 56.2 Å². The molecule has 2 aromatic carbocycles. The zero-order valence-corrected chi connectivity index (χ0v) is 22.3. The number of amides is 1. The Hall–Kier alpha value is -2.53. The van der Waals surface area contributed by atoms with Crippen molar-refractivity contribution in [3.8, 4) is 0 Å². The predicted octanol–water partition coefficient (Wildman–Crippen LogP) is 4.47. The minimum absolute atomic E-state index is 0.127. The summed E-state index contributed by atoms with van der Waals surface area (Å²) >= 11 is 7.59. The Morgan fingerprint density at radius 3 is 2.31 bits per heavy atom. The summed E-state index contributed by atoms with van der Waals surface area (Å²) in [6.07, 6.45) is 1.42. The van der Waals surface area contributed by atoms with Crippen molar-refractivity contribution in [2.45, 2.75) is 45.1 Å². The third kappa shape index (κ3) is 6.19. The highest BCUT2D eigenvalue weighted by molar-refractivity contribution is 7.89. The molecule has 1 amide bonds. The molecule has 3 rings (SSSR count). The van der Waals surface area contributed by atoms with E-state index in [0.29, 0.717) is 41.3 Å². The summed E-state index contributed by atoms with van der Waals surface area (Å²) < 4.78 is 34.8. The summed E-state index contributed by atoms with van der Waals surface area (Å²) in [5.41, 5.74) is 0.819. The standard InChI is InChI=1S/C24H28ClN3O5S2/c1-4-14-27(15-5-2)35(31,32)18-12-10-17(11-13-18)23(30)26-24-28(16-21(29)33-6-3)22-19(25)8-7-9-20(22)34-24/h7-13H,4-6,14-16H2,1-3H3. The van der Waals surface area contributed by atoms with Crippen molar-refractivity contribution in [2.75, 3.05) is 19.7 Å². The fraction of sp³-hybridized carbons (Fsp3) is 0.375. The highest BCUT2D eigenvalue weighted by atomic mass is 35.5. The van der Waals surface area contributed by atoms with Crippen LogP contribution in [0.5, 0.6) is 0 Å². The van der Waals surface area contributed by atoms with E-state index < -0.39 is 21.9 Å². The van der Waals surface area contributed by atoms with E-state index >= 15 is 0 Å². The van der Waals surface area contributed by atoms with Crippen LogP contribution in [0.15, 0.2) is 52.4 Å². The lowest BCUT2D eigenvalue weighted by atomic mass is 10.2. The molecule has 35 heavy (non-hydrogen) atoms. The van der Waals surface area contributed by atoms with Crippen molar-refractivity contribution in [3.05, 3.63) is 57.9 Å².